The zero-order chi connectivity index (χ0) is 41.7. The molecule has 0 radical (unpaired) electrons. The van der Waals surface area contributed by atoms with Gasteiger partial charge in [0.05, 0.1) is 36.2 Å². The minimum atomic E-state index is -2.96. The van der Waals surface area contributed by atoms with Crippen LogP contribution < -0.4 is 10.4 Å². The van der Waals surface area contributed by atoms with E-state index in [4.69, 9.17) is 25.9 Å². The SMILES string of the molecule is CC(C)(C)[Si](OCC1=C2[C@@H](CC/C(=C/c3ccc(O)cc3Cl)c3ccccc3)OC[C@@H]2[C@@H]2C(=O)N(CCCCCC(=O)O)C(=O)[C@@H]2C1)(c1ccccc1)c1ccccc1. The van der Waals surface area contributed by atoms with E-state index in [0.29, 0.717) is 56.8 Å². The van der Waals surface area contributed by atoms with Crippen molar-refractivity contribution in [3.8, 4) is 5.75 Å². The molecule has 0 unspecified atom stereocenters. The molecule has 0 saturated carbocycles. The largest absolute Gasteiger partial charge is 0.508 e. The molecule has 2 fully saturated rings. The van der Waals surface area contributed by atoms with E-state index in [0.717, 1.165) is 27.8 Å². The van der Waals surface area contributed by atoms with Gasteiger partial charge in [0, 0.05) is 18.9 Å². The molecule has 4 aromatic rings. The number of phenolic OH excluding ortho intramolecular Hbond substituents is 1. The predicted molar refractivity (Wildman–Crippen MR) is 235 cm³/mol. The fraction of sp³-hybridized carbons (Fsp3) is 0.367. The first-order valence-electron chi connectivity index (χ1n) is 20.8. The van der Waals surface area contributed by atoms with Gasteiger partial charge < -0.3 is 19.4 Å². The fourth-order valence-electron chi connectivity index (χ4n) is 9.63. The molecule has 308 valence electrons. The number of ether oxygens (including phenoxy) is 1. The Kier molecular flexibility index (Phi) is 13.1. The molecule has 2 saturated heterocycles. The molecule has 3 aliphatic rings. The summed E-state index contributed by atoms with van der Waals surface area (Å²) in [5.74, 6) is -2.33. The second kappa shape index (κ2) is 18.2. The number of benzene rings is 4. The Labute approximate surface area is 353 Å². The van der Waals surface area contributed by atoms with E-state index in [1.165, 1.54) is 15.3 Å². The number of phenols is 1. The van der Waals surface area contributed by atoms with Gasteiger partial charge >= 0.3 is 5.97 Å². The van der Waals surface area contributed by atoms with Gasteiger partial charge in [-0.2, -0.15) is 0 Å². The molecule has 7 rings (SSSR count). The third-order valence-corrected chi connectivity index (χ3v) is 17.7. The number of hydrogen-bond acceptors (Lipinski definition) is 6. The molecule has 0 aromatic heterocycles. The van der Waals surface area contributed by atoms with Crippen molar-refractivity contribution in [1.82, 2.24) is 4.90 Å². The molecule has 2 heterocycles. The Bertz CT molecular complexity index is 2160. The lowest BCUT2D eigenvalue weighted by Gasteiger charge is -2.44. The Balaban J connectivity index is 1.25. The number of allylic oxidation sites excluding steroid dienone is 1. The van der Waals surface area contributed by atoms with Crippen LogP contribution in [0, 0.1) is 17.8 Å². The van der Waals surface area contributed by atoms with Gasteiger partial charge in [-0.3, -0.25) is 19.3 Å². The number of aromatic hydroxyl groups is 1. The van der Waals surface area contributed by atoms with Gasteiger partial charge in [-0.1, -0.05) is 130 Å². The highest BCUT2D eigenvalue weighted by molar-refractivity contribution is 6.99. The summed E-state index contributed by atoms with van der Waals surface area (Å²) >= 11 is 6.60. The Morgan fingerprint density at radius 3 is 2.12 bits per heavy atom. The minimum absolute atomic E-state index is 0.0685. The van der Waals surface area contributed by atoms with Crippen LogP contribution in [0.4, 0.5) is 0 Å². The maximum Gasteiger partial charge on any atom is 0.303 e. The number of carboxylic acids is 1. The van der Waals surface area contributed by atoms with E-state index >= 15 is 0 Å². The molecule has 4 aromatic carbocycles. The van der Waals surface area contributed by atoms with Crippen LogP contribution >= 0.6 is 11.6 Å². The lowest BCUT2D eigenvalue weighted by Crippen LogP contribution is -2.66. The van der Waals surface area contributed by atoms with E-state index in [9.17, 15) is 19.5 Å². The summed E-state index contributed by atoms with van der Waals surface area (Å²) in [7, 11) is -2.96. The summed E-state index contributed by atoms with van der Waals surface area (Å²) in [6.07, 6.45) is 5.23. The highest BCUT2D eigenvalue weighted by Gasteiger charge is 2.57. The predicted octanol–water partition coefficient (Wildman–Crippen LogP) is 8.90. The standard InChI is InChI=1S/C49H54ClNO7Si/c1-49(2,3)59(38-18-10-5-11-19-38,39-20-12-6-13-21-39)58-31-36-29-40-46(48(56)51(47(40)55)27-15-7-14-22-44(53)54)41-32-57-43(45(36)41)26-24-34(33-16-8-4-9-17-33)28-35-23-25-37(52)30-42(35)50/h4-6,8-13,16-21,23,25,28,30,40-41,43,46,52H,7,14-15,22,24,26-27,29,31-32H2,1-3H3,(H,53,54)/b34-28-/t40-,41+,43-,46-/m1/s1. The number of aliphatic carboxylic acids is 1. The number of rotatable bonds is 16. The number of likely N-dealkylation sites (tertiary alicyclic amines) is 1. The monoisotopic (exact) mass is 831 g/mol. The van der Waals surface area contributed by atoms with Gasteiger partial charge in [-0.25, -0.2) is 0 Å². The molecule has 0 bridgehead atoms. The lowest BCUT2D eigenvalue weighted by atomic mass is 9.69. The van der Waals surface area contributed by atoms with Gasteiger partial charge in [0.1, 0.15) is 5.75 Å². The number of unbranched alkanes of at least 4 members (excludes halogenated alkanes) is 2. The second-order valence-electron chi connectivity index (χ2n) is 17.1. The van der Waals surface area contributed by atoms with Gasteiger partial charge in [-0.05, 0) is 99.6 Å². The van der Waals surface area contributed by atoms with Crippen LogP contribution in [-0.2, 0) is 23.5 Å². The van der Waals surface area contributed by atoms with Crippen LogP contribution in [0.15, 0.2) is 120 Å². The number of fused-ring (bicyclic) bond motifs is 3. The molecule has 1 aliphatic carbocycles. The number of carbonyl (C=O) groups excluding carboxylic acids is 2. The van der Waals surface area contributed by atoms with Crippen molar-refractivity contribution in [2.24, 2.45) is 17.8 Å². The summed E-state index contributed by atoms with van der Waals surface area (Å²) in [6, 6.07) is 36.2. The van der Waals surface area contributed by atoms with E-state index in [1.807, 2.05) is 36.4 Å². The van der Waals surface area contributed by atoms with Crippen molar-refractivity contribution in [2.75, 3.05) is 19.8 Å². The first-order chi connectivity index (χ1) is 28.4. The number of amides is 2. The van der Waals surface area contributed by atoms with E-state index < -0.39 is 26.1 Å². The lowest BCUT2D eigenvalue weighted by molar-refractivity contribution is -0.141. The summed E-state index contributed by atoms with van der Waals surface area (Å²) in [4.78, 5) is 41.0. The molecular formula is C49H54ClNO7Si. The van der Waals surface area contributed by atoms with Gasteiger partial charge in [0.25, 0.3) is 8.32 Å². The third-order valence-electron chi connectivity index (χ3n) is 12.4. The summed E-state index contributed by atoms with van der Waals surface area (Å²) in [5, 5.41) is 21.7. The van der Waals surface area contributed by atoms with Crippen molar-refractivity contribution >= 4 is 59.7 Å². The molecule has 2 aliphatic heterocycles. The van der Waals surface area contributed by atoms with Crippen LogP contribution in [0.1, 0.15) is 76.8 Å². The van der Waals surface area contributed by atoms with Crippen molar-refractivity contribution in [3.05, 3.63) is 136 Å². The van der Waals surface area contributed by atoms with Crippen molar-refractivity contribution in [3.63, 3.8) is 0 Å². The van der Waals surface area contributed by atoms with Crippen LogP contribution in [0.3, 0.4) is 0 Å². The second-order valence-corrected chi connectivity index (χ2v) is 21.8. The first kappa shape index (κ1) is 42.3. The summed E-state index contributed by atoms with van der Waals surface area (Å²) in [5.41, 5.74) is 5.04. The Hall–Kier alpha value is -4.80. The quantitative estimate of drug-likeness (QED) is 0.0381. The Morgan fingerprint density at radius 2 is 1.51 bits per heavy atom. The number of nitrogens with zero attached hydrogens (tertiary/aromatic N) is 1. The normalized spacial score (nSPS) is 20.9. The van der Waals surface area contributed by atoms with E-state index in [1.54, 1.807) is 12.1 Å². The van der Waals surface area contributed by atoms with Crippen molar-refractivity contribution in [1.29, 1.82) is 0 Å². The first-order valence-corrected chi connectivity index (χ1v) is 23.1. The van der Waals surface area contributed by atoms with Crippen molar-refractivity contribution in [2.45, 2.75) is 76.9 Å². The molecule has 10 heteroatoms. The van der Waals surface area contributed by atoms with Gasteiger partial charge in [0.2, 0.25) is 11.8 Å². The maximum absolute atomic E-state index is 14.3. The number of carboxylic acid groups (broad SMARTS) is 1. The summed E-state index contributed by atoms with van der Waals surface area (Å²) < 4.78 is 14.2. The molecular weight excluding hydrogens is 778 g/mol. The number of halogens is 1. The molecule has 2 N–H and O–H groups in total. The molecule has 8 nitrogen and oxygen atoms in total. The van der Waals surface area contributed by atoms with Gasteiger partial charge in [0.15, 0.2) is 0 Å². The molecule has 4 atom stereocenters. The average molecular weight is 833 g/mol. The smallest absolute Gasteiger partial charge is 0.303 e. The highest BCUT2D eigenvalue weighted by atomic mass is 35.5. The number of carbonyl (C=O) groups is 3. The van der Waals surface area contributed by atoms with Crippen molar-refractivity contribution < 1.29 is 33.8 Å². The molecule has 0 spiro atoms. The van der Waals surface area contributed by atoms with Crippen LogP contribution in [-0.4, -0.2) is 67.1 Å². The van der Waals surface area contributed by atoms with Crippen LogP contribution in [0.2, 0.25) is 10.1 Å². The third kappa shape index (κ3) is 8.90. The maximum atomic E-state index is 14.3. The zero-order valence-electron chi connectivity index (χ0n) is 34.1. The number of hydrogen-bond donors (Lipinski definition) is 2. The van der Waals surface area contributed by atoms with E-state index in [2.05, 4.69) is 87.5 Å². The number of imide groups is 1. The molecule has 2 amide bonds. The van der Waals surface area contributed by atoms with Crippen LogP contribution in [0.25, 0.3) is 11.6 Å². The van der Waals surface area contributed by atoms with Gasteiger partial charge in [-0.15, -0.1) is 0 Å². The highest BCUT2D eigenvalue weighted by Crippen LogP contribution is 2.51. The van der Waals surface area contributed by atoms with E-state index in [-0.39, 0.29) is 47.6 Å². The average Bonchev–Trinajstić information content (AvgIpc) is 3.75. The Morgan fingerprint density at radius 1 is 0.864 bits per heavy atom. The zero-order valence-corrected chi connectivity index (χ0v) is 35.9. The minimum Gasteiger partial charge on any atom is -0.508 e. The summed E-state index contributed by atoms with van der Waals surface area (Å²) in [6.45, 7) is 7.69. The van der Waals surface area contributed by atoms with Crippen LogP contribution in [0.5, 0.6) is 5.75 Å². The topological polar surface area (TPSA) is 113 Å². The molecule has 59 heavy (non-hydrogen) atoms. The fourth-order valence-corrected chi connectivity index (χ4v) is 14.4.